The molecular formula is C19H22FN4O2+. The Morgan fingerprint density at radius 3 is 2.08 bits per heavy atom. The van der Waals surface area contributed by atoms with Crippen LogP contribution in [0.15, 0.2) is 24.3 Å². The molecule has 0 saturated heterocycles. The van der Waals surface area contributed by atoms with Crippen LogP contribution in [-0.4, -0.2) is 25.0 Å². The molecule has 1 heterocycles. The van der Waals surface area contributed by atoms with Crippen LogP contribution >= 0.6 is 0 Å². The molecule has 1 aromatic rings. The average molecular weight is 357 g/mol. The Morgan fingerprint density at radius 2 is 1.65 bits per heavy atom. The number of hydrogen-bond acceptors (Lipinski definition) is 5. The Morgan fingerprint density at radius 1 is 1.08 bits per heavy atom. The molecule has 1 aliphatic carbocycles. The summed E-state index contributed by atoms with van der Waals surface area (Å²) in [7, 11) is 0. The topological polar surface area (TPSA) is 106 Å². The molecule has 0 spiro atoms. The number of nitriles is 2. The summed E-state index contributed by atoms with van der Waals surface area (Å²) in [6, 6.07) is 10.5. The highest BCUT2D eigenvalue weighted by Crippen LogP contribution is 2.83. The van der Waals surface area contributed by atoms with Crippen molar-refractivity contribution in [1.29, 1.82) is 10.5 Å². The monoisotopic (exact) mass is 357 g/mol. The van der Waals surface area contributed by atoms with Crippen LogP contribution in [0.2, 0.25) is 0 Å². The fourth-order valence-electron chi connectivity index (χ4n) is 5.08. The van der Waals surface area contributed by atoms with Gasteiger partial charge in [0, 0.05) is 0 Å². The number of halogens is 1. The molecular weight excluding hydrogens is 335 g/mol. The van der Waals surface area contributed by atoms with E-state index in [-0.39, 0.29) is 19.0 Å². The molecule has 136 valence electrons. The molecule has 3 rings (SSSR count). The van der Waals surface area contributed by atoms with E-state index in [1.807, 2.05) is 6.92 Å². The van der Waals surface area contributed by atoms with E-state index in [4.69, 9.17) is 15.2 Å². The van der Waals surface area contributed by atoms with E-state index in [0.29, 0.717) is 12.0 Å². The molecule has 0 bridgehead atoms. The third-order valence-electron chi connectivity index (χ3n) is 5.88. The first kappa shape index (κ1) is 18.3. The minimum Gasteiger partial charge on any atom is -0.314 e. The number of rotatable bonds is 6. The number of benzene rings is 1. The molecule has 0 amide bonds. The molecule has 6 nitrogen and oxygen atoms in total. The number of nitrogens with two attached hydrogens (primary N) is 1. The van der Waals surface area contributed by atoms with Gasteiger partial charge in [-0.1, -0.05) is 19.1 Å². The standard InChI is InChI=1S/C19H21FN4O2/c1-4-16(13-7-9-14(20)10-8-13)17(11-21)15(23)24-19(25-5-2,26-6-3)18(16,17)12-22/h7-10H,4-6H2,1-3H3,(H2,23,24)/p+1/t16-,17-,18+/m0/s1. The van der Waals surface area contributed by atoms with Gasteiger partial charge in [0.05, 0.1) is 30.8 Å². The van der Waals surface area contributed by atoms with Gasteiger partial charge in [-0.15, -0.1) is 0 Å². The van der Waals surface area contributed by atoms with E-state index in [2.05, 4.69) is 17.1 Å². The first-order chi connectivity index (χ1) is 12.4. The lowest BCUT2D eigenvalue weighted by atomic mass is 9.80. The zero-order valence-electron chi connectivity index (χ0n) is 15.1. The van der Waals surface area contributed by atoms with Crippen molar-refractivity contribution in [2.24, 2.45) is 16.6 Å². The van der Waals surface area contributed by atoms with E-state index in [9.17, 15) is 14.9 Å². The van der Waals surface area contributed by atoms with Gasteiger partial charge in [0.25, 0.3) is 5.84 Å². The van der Waals surface area contributed by atoms with Crippen molar-refractivity contribution in [2.45, 2.75) is 38.5 Å². The Balaban J connectivity index is 2.35. The van der Waals surface area contributed by atoms with E-state index in [1.54, 1.807) is 26.0 Å². The number of nitrogens with one attached hydrogen (secondary N) is 1. The van der Waals surface area contributed by atoms with E-state index in [1.165, 1.54) is 12.1 Å². The highest BCUT2D eigenvalue weighted by molar-refractivity contribution is 5.97. The van der Waals surface area contributed by atoms with Crippen LogP contribution in [0, 0.1) is 39.3 Å². The van der Waals surface area contributed by atoms with Crippen molar-refractivity contribution in [1.82, 2.24) is 0 Å². The lowest BCUT2D eigenvalue weighted by Gasteiger charge is -2.33. The molecule has 26 heavy (non-hydrogen) atoms. The summed E-state index contributed by atoms with van der Waals surface area (Å²) in [5.74, 6) is -1.79. The zero-order valence-corrected chi connectivity index (χ0v) is 15.1. The fraction of sp³-hybridized carbons (Fsp3) is 0.526. The van der Waals surface area contributed by atoms with Crippen LogP contribution in [-0.2, 0) is 14.9 Å². The minimum atomic E-state index is -1.55. The van der Waals surface area contributed by atoms with Gasteiger partial charge in [-0.25, -0.2) is 9.38 Å². The molecule has 3 N–H and O–H groups in total. The van der Waals surface area contributed by atoms with Crippen LogP contribution in [0.25, 0.3) is 0 Å². The highest BCUT2D eigenvalue weighted by atomic mass is 19.1. The van der Waals surface area contributed by atoms with Gasteiger partial charge in [-0.2, -0.15) is 10.5 Å². The molecule has 1 aliphatic heterocycles. The third-order valence-corrected chi connectivity index (χ3v) is 5.88. The second-order valence-electron chi connectivity index (χ2n) is 6.51. The first-order valence-electron chi connectivity index (χ1n) is 8.71. The maximum atomic E-state index is 13.5. The molecule has 7 heteroatoms. The van der Waals surface area contributed by atoms with Crippen LogP contribution in [0.4, 0.5) is 4.39 Å². The largest absolute Gasteiger partial charge is 0.343 e. The van der Waals surface area contributed by atoms with Crippen LogP contribution < -0.4 is 10.7 Å². The van der Waals surface area contributed by atoms with Gasteiger partial charge >= 0.3 is 5.91 Å². The lowest BCUT2D eigenvalue weighted by Crippen LogP contribution is -2.91. The number of fused-ring (bicyclic) bond motifs is 1. The van der Waals surface area contributed by atoms with Crippen molar-refractivity contribution < 1.29 is 18.9 Å². The van der Waals surface area contributed by atoms with Crippen LogP contribution in [0.3, 0.4) is 0 Å². The van der Waals surface area contributed by atoms with Crippen LogP contribution in [0.5, 0.6) is 0 Å². The molecule has 0 radical (unpaired) electrons. The molecule has 1 saturated carbocycles. The van der Waals surface area contributed by atoms with E-state index >= 15 is 0 Å². The van der Waals surface area contributed by atoms with Gasteiger partial charge in [0.1, 0.15) is 5.82 Å². The summed E-state index contributed by atoms with van der Waals surface area (Å²) in [5.41, 5.74) is 3.23. The van der Waals surface area contributed by atoms with Gasteiger partial charge in [0.2, 0.25) is 0 Å². The summed E-state index contributed by atoms with van der Waals surface area (Å²) < 4.78 is 25.3. The second-order valence-corrected chi connectivity index (χ2v) is 6.51. The summed E-state index contributed by atoms with van der Waals surface area (Å²) in [6.45, 7) is 5.96. The number of nitrogens with zero attached hydrogens (tertiary/aromatic N) is 2. The first-order valence-corrected chi connectivity index (χ1v) is 8.71. The maximum absolute atomic E-state index is 13.5. The Labute approximate surface area is 152 Å². The van der Waals surface area contributed by atoms with Crippen molar-refractivity contribution in [3.8, 4) is 12.1 Å². The van der Waals surface area contributed by atoms with Crippen molar-refractivity contribution in [3.63, 3.8) is 0 Å². The van der Waals surface area contributed by atoms with Gasteiger partial charge in [-0.3, -0.25) is 5.73 Å². The predicted octanol–water partition coefficient (Wildman–Crippen LogP) is 0.685. The number of ether oxygens (including phenoxy) is 2. The van der Waals surface area contributed by atoms with Gasteiger partial charge in [-0.05, 0) is 38.0 Å². The average Bonchev–Trinajstić information content (AvgIpc) is 3.13. The summed E-state index contributed by atoms with van der Waals surface area (Å²) >= 11 is 0. The third kappa shape index (κ3) is 1.59. The molecule has 3 atom stereocenters. The second kappa shape index (κ2) is 5.77. The molecule has 2 aliphatic rings. The Bertz CT molecular complexity index is 835. The molecule has 0 aromatic heterocycles. The minimum absolute atomic E-state index is 0.148. The zero-order chi connectivity index (χ0) is 19.2. The summed E-state index contributed by atoms with van der Waals surface area (Å²) in [6.07, 6.45) is 0.435. The molecule has 1 aromatic carbocycles. The van der Waals surface area contributed by atoms with Crippen molar-refractivity contribution in [2.75, 3.05) is 13.2 Å². The summed E-state index contributed by atoms with van der Waals surface area (Å²) in [4.78, 5) is 2.95. The van der Waals surface area contributed by atoms with Crippen LogP contribution in [0.1, 0.15) is 32.8 Å². The van der Waals surface area contributed by atoms with Crippen molar-refractivity contribution in [3.05, 3.63) is 35.6 Å². The smallest absolute Gasteiger partial charge is 0.314 e. The van der Waals surface area contributed by atoms with Gasteiger partial charge in [0.15, 0.2) is 10.8 Å². The fourth-order valence-corrected chi connectivity index (χ4v) is 5.08. The number of hydrogen-bond donors (Lipinski definition) is 2. The highest BCUT2D eigenvalue weighted by Gasteiger charge is 3.03. The Kier molecular flexibility index (Phi) is 4.06. The van der Waals surface area contributed by atoms with E-state index < -0.39 is 28.0 Å². The molecule has 1 fully saturated rings. The quantitative estimate of drug-likeness (QED) is 0.729. The van der Waals surface area contributed by atoms with Crippen molar-refractivity contribution >= 4 is 5.84 Å². The summed E-state index contributed by atoms with van der Waals surface area (Å²) in [5, 5.41) is 20.5. The number of amidine groups is 1. The maximum Gasteiger partial charge on any atom is 0.343 e. The SMILES string of the molecule is CCOC1(OCC)[NH+]=C(N)[C@@]2(C#N)[C@](CC)(c3ccc(F)cc3)[C@@]12C#N. The van der Waals surface area contributed by atoms with Gasteiger partial charge < -0.3 is 9.47 Å². The predicted molar refractivity (Wildman–Crippen MR) is 90.6 cm³/mol. The lowest BCUT2D eigenvalue weighted by molar-refractivity contribution is -0.694. The van der Waals surface area contributed by atoms with E-state index in [0.717, 1.165) is 0 Å². The Hall–Kier alpha value is -2.48. The molecule has 0 unspecified atom stereocenters. The normalized spacial score (nSPS) is 33.7.